The predicted octanol–water partition coefficient (Wildman–Crippen LogP) is 9.92. The summed E-state index contributed by atoms with van der Waals surface area (Å²) in [5.74, 6) is 0. The average Bonchev–Trinajstić information content (AvgIpc) is 3.48. The van der Waals surface area contributed by atoms with Crippen molar-refractivity contribution in [2.75, 3.05) is 0 Å². The summed E-state index contributed by atoms with van der Waals surface area (Å²) in [6.07, 6.45) is 0. The third-order valence-electron chi connectivity index (χ3n) is 5.90. The Balaban J connectivity index is 0.000000136. The quantitative estimate of drug-likeness (QED) is 0.177. The Bertz CT molecular complexity index is 1440. The first-order chi connectivity index (χ1) is 17.5. The van der Waals surface area contributed by atoms with Crippen molar-refractivity contribution >= 4 is 41.8 Å². The third-order valence-corrected chi connectivity index (χ3v) is 10.5. The Morgan fingerprint density at radius 3 is 1.42 bits per heavy atom. The molecule has 36 heavy (non-hydrogen) atoms. The van der Waals surface area contributed by atoms with Crippen molar-refractivity contribution in [3.63, 3.8) is 0 Å². The molecule has 0 saturated carbocycles. The summed E-state index contributed by atoms with van der Waals surface area (Å²) in [6.45, 7) is 4.21. The third kappa shape index (κ3) is 7.01. The second-order valence-electron chi connectivity index (χ2n) is 8.65. The minimum atomic E-state index is -2.44. The normalized spacial score (nSPS) is 10.2. The van der Waals surface area contributed by atoms with E-state index in [9.17, 15) is 0 Å². The van der Waals surface area contributed by atoms with Crippen molar-refractivity contribution in [3.8, 4) is 0 Å². The van der Waals surface area contributed by atoms with Crippen molar-refractivity contribution in [2.24, 2.45) is 0 Å². The molecule has 0 unspecified atom stereocenters. The summed E-state index contributed by atoms with van der Waals surface area (Å²) >= 11 is -2.44. The van der Waals surface area contributed by atoms with Gasteiger partial charge in [0, 0.05) is 0 Å². The van der Waals surface area contributed by atoms with Crippen LogP contribution in [0.3, 0.4) is 0 Å². The van der Waals surface area contributed by atoms with Gasteiger partial charge in [0.2, 0.25) is 0 Å². The smallest absolute Gasteiger partial charge is 0.0771 e. The zero-order valence-electron chi connectivity index (χ0n) is 20.5. The van der Waals surface area contributed by atoms with E-state index in [4.69, 9.17) is 17.0 Å². The zero-order valence-corrected chi connectivity index (χ0v) is 24.4. The van der Waals surface area contributed by atoms with Crippen LogP contribution in [-0.2, 0) is 18.9 Å². The molecule has 6 rings (SSSR count). The van der Waals surface area contributed by atoms with Gasteiger partial charge in [-0.2, -0.15) is 17.7 Å². The minimum Gasteiger partial charge on any atom is -0.126 e. The molecule has 0 atom stereocenters. The standard InChI is InChI=1S/C13H9.C13H10.C7H9.2ClH.Zr/c1-3-7-12-10(5-1)9-11-6-2-4-8-13(11)12;1-3-7-12(8-4-1)11-13-9-5-2-6-10-13;1-6-3-4-7(2)5-6;;;/h1-9H;1-10H;3-5H,1-2H3;2*1H;/q-1;;-1;;;+2/p-2. The van der Waals surface area contributed by atoms with E-state index < -0.39 is 18.9 Å². The predicted molar refractivity (Wildman–Crippen MR) is 156 cm³/mol. The molecule has 0 spiro atoms. The molecule has 0 nitrogen and oxygen atoms in total. The van der Waals surface area contributed by atoms with Gasteiger partial charge >= 0.3 is 111 Å². The second kappa shape index (κ2) is 13.1. The molecule has 180 valence electrons. The van der Waals surface area contributed by atoms with Gasteiger partial charge in [-0.1, -0.05) is 50.2 Å². The molecule has 0 saturated heterocycles. The fraction of sp³-hybridized carbons (Fsp3) is 0.0606. The maximum atomic E-state index is 6.24. The van der Waals surface area contributed by atoms with Crippen molar-refractivity contribution in [1.82, 2.24) is 0 Å². The van der Waals surface area contributed by atoms with Gasteiger partial charge in [-0.25, -0.2) is 11.6 Å². The summed E-state index contributed by atoms with van der Waals surface area (Å²) in [7, 11) is 12.5. The van der Waals surface area contributed by atoms with E-state index in [0.29, 0.717) is 0 Å². The first-order valence-electron chi connectivity index (χ1n) is 11.9. The fourth-order valence-electron chi connectivity index (χ4n) is 4.22. The van der Waals surface area contributed by atoms with Crippen LogP contribution in [0.4, 0.5) is 0 Å². The minimum absolute atomic E-state index is 1.15. The molecule has 0 fully saturated rings. The van der Waals surface area contributed by atoms with E-state index in [1.54, 1.807) is 0 Å². The van der Waals surface area contributed by atoms with Gasteiger partial charge in [-0.3, -0.25) is 0 Å². The van der Waals surface area contributed by atoms with E-state index in [1.165, 1.54) is 32.7 Å². The largest absolute Gasteiger partial charge is 0.126 e. The maximum absolute atomic E-state index is 6.24. The Morgan fingerprint density at radius 1 is 0.611 bits per heavy atom. The van der Waals surface area contributed by atoms with Crippen LogP contribution in [0.1, 0.15) is 22.3 Å². The molecule has 3 heteroatoms. The molecule has 0 amide bonds. The molecule has 0 aliphatic rings. The van der Waals surface area contributed by atoms with Crippen molar-refractivity contribution in [3.05, 3.63) is 156 Å². The molecular weight excluding hydrogens is 558 g/mol. The van der Waals surface area contributed by atoms with Gasteiger partial charge in [0.1, 0.15) is 0 Å². The van der Waals surface area contributed by atoms with Gasteiger partial charge in [0.25, 0.3) is 0 Å². The second-order valence-corrected chi connectivity index (χ2v) is 16.8. The van der Waals surface area contributed by atoms with Crippen LogP contribution in [0.2, 0.25) is 0 Å². The summed E-state index contributed by atoms with van der Waals surface area (Å²) in [4.78, 5) is 0. The van der Waals surface area contributed by atoms with Crippen LogP contribution in [0, 0.1) is 13.8 Å². The number of benzene rings is 4. The summed E-state index contributed by atoms with van der Waals surface area (Å²) in [5.41, 5.74) is 5.01. The van der Waals surface area contributed by atoms with Crippen molar-refractivity contribution < 1.29 is 18.9 Å². The Morgan fingerprint density at radius 2 is 1.06 bits per heavy atom. The van der Waals surface area contributed by atoms with Crippen LogP contribution < -0.4 is 0 Å². The molecule has 0 aliphatic heterocycles. The molecule has 0 heterocycles. The summed E-state index contributed by atoms with van der Waals surface area (Å²) in [5, 5.41) is 5.39. The van der Waals surface area contributed by atoms with Crippen LogP contribution >= 0.6 is 17.0 Å². The molecule has 0 aliphatic carbocycles. The number of hydrogen-bond donors (Lipinski definition) is 0. The van der Waals surface area contributed by atoms with Gasteiger partial charge in [0.05, 0.1) is 0 Å². The van der Waals surface area contributed by atoms with Gasteiger partial charge in [-0.15, -0.1) is 39.7 Å². The Labute approximate surface area is 228 Å². The Hall–Kier alpha value is -2.57. The molecular formula is C33H28Cl2Zr-2. The topological polar surface area (TPSA) is 0 Å². The van der Waals surface area contributed by atoms with Gasteiger partial charge < -0.3 is 0 Å². The van der Waals surface area contributed by atoms with E-state index in [-0.39, 0.29) is 0 Å². The first kappa shape index (κ1) is 26.5. The summed E-state index contributed by atoms with van der Waals surface area (Å²) < 4.78 is 1.15. The van der Waals surface area contributed by atoms with E-state index in [1.807, 2.05) is 36.4 Å². The molecule has 6 aromatic carbocycles. The number of aryl methyl sites for hydroxylation is 2. The van der Waals surface area contributed by atoms with E-state index in [0.717, 1.165) is 14.3 Å². The van der Waals surface area contributed by atoms with Gasteiger partial charge in [-0.05, 0) is 0 Å². The van der Waals surface area contributed by atoms with Gasteiger partial charge in [0.15, 0.2) is 0 Å². The maximum Gasteiger partial charge on any atom is -0.0771 e. The van der Waals surface area contributed by atoms with E-state index >= 15 is 0 Å². The molecule has 0 radical (unpaired) electrons. The van der Waals surface area contributed by atoms with Crippen molar-refractivity contribution in [1.29, 1.82) is 0 Å². The summed E-state index contributed by atoms with van der Waals surface area (Å²) in [6, 6.07) is 46.0. The number of hydrogen-bond acceptors (Lipinski definition) is 0. The number of halogens is 2. The Kier molecular flexibility index (Phi) is 9.65. The fourth-order valence-corrected chi connectivity index (χ4v) is 8.69. The monoisotopic (exact) mass is 584 g/mol. The molecule has 0 N–H and O–H groups in total. The van der Waals surface area contributed by atoms with Crippen LogP contribution in [-0.4, -0.2) is 3.21 Å². The molecule has 6 aromatic rings. The van der Waals surface area contributed by atoms with Crippen LogP contribution in [0.15, 0.2) is 133 Å². The first-order valence-corrected chi connectivity index (χ1v) is 19.5. The molecule has 0 bridgehead atoms. The zero-order chi connectivity index (χ0) is 25.3. The molecule has 0 aromatic heterocycles. The van der Waals surface area contributed by atoms with Crippen molar-refractivity contribution in [2.45, 2.75) is 13.8 Å². The van der Waals surface area contributed by atoms with Crippen LogP contribution in [0.25, 0.3) is 21.5 Å². The van der Waals surface area contributed by atoms with Crippen LogP contribution in [0.5, 0.6) is 0 Å². The number of rotatable bonds is 2. The SMILES string of the molecule is Cc1c[cH-]c(C)c1.[Cl][Zr]([Cl])=[C](c1ccccc1)c1ccccc1.c1ccc2c(c1)[cH-]c1ccccc12. The number of fused-ring (bicyclic) bond motifs is 3. The average molecular weight is 587 g/mol. The van der Waals surface area contributed by atoms with E-state index in [2.05, 4.69) is 111 Å².